The summed E-state index contributed by atoms with van der Waals surface area (Å²) in [6.07, 6.45) is -4.50. The quantitative estimate of drug-likeness (QED) is 0.806. The van der Waals surface area contributed by atoms with Gasteiger partial charge in [0.1, 0.15) is 5.82 Å². The van der Waals surface area contributed by atoms with Crippen LogP contribution in [0.2, 0.25) is 0 Å². The van der Waals surface area contributed by atoms with E-state index in [9.17, 15) is 22.4 Å². The number of carbonyl (C=O) groups is 1. The number of nitrogens with one attached hydrogen (secondary N) is 1. The molecule has 1 amide bonds. The molecule has 1 rings (SSSR count). The van der Waals surface area contributed by atoms with Crippen molar-refractivity contribution in [3.05, 3.63) is 35.6 Å². The fourth-order valence-corrected chi connectivity index (χ4v) is 1.54. The molecule has 0 fully saturated rings. The molecule has 0 bridgehead atoms. The molecule has 0 heterocycles. The highest BCUT2D eigenvalue weighted by molar-refractivity contribution is 5.84. The first-order valence-electron chi connectivity index (χ1n) is 5.48. The van der Waals surface area contributed by atoms with Crippen LogP contribution in [0.5, 0.6) is 0 Å². The van der Waals surface area contributed by atoms with Gasteiger partial charge in [-0.1, -0.05) is 12.1 Å². The molecule has 0 aliphatic carbocycles. The van der Waals surface area contributed by atoms with Gasteiger partial charge >= 0.3 is 6.18 Å². The summed E-state index contributed by atoms with van der Waals surface area (Å²) in [5.74, 6) is -1.37. The molecule has 0 aromatic heterocycles. The highest BCUT2D eigenvalue weighted by atomic mass is 19.4. The van der Waals surface area contributed by atoms with Gasteiger partial charge in [-0.2, -0.15) is 13.2 Å². The monoisotopic (exact) mass is 278 g/mol. The minimum atomic E-state index is -4.44. The van der Waals surface area contributed by atoms with Crippen molar-refractivity contribution < 1.29 is 22.4 Å². The van der Waals surface area contributed by atoms with Gasteiger partial charge in [-0.05, 0) is 31.0 Å². The van der Waals surface area contributed by atoms with E-state index in [0.717, 1.165) is 0 Å². The lowest BCUT2D eigenvalue weighted by atomic mass is 9.92. The Morgan fingerprint density at radius 1 is 1.26 bits per heavy atom. The third-order valence-electron chi connectivity index (χ3n) is 2.69. The third-order valence-corrected chi connectivity index (χ3v) is 2.69. The third kappa shape index (κ3) is 4.86. The maximum atomic E-state index is 12.7. The maximum Gasteiger partial charge on any atom is 0.401 e. The van der Waals surface area contributed by atoms with Crippen LogP contribution in [-0.4, -0.2) is 24.2 Å². The molecular weight excluding hydrogens is 264 g/mol. The zero-order valence-corrected chi connectivity index (χ0v) is 10.2. The number of rotatable bonds is 5. The Morgan fingerprint density at radius 3 is 2.21 bits per heavy atom. The number of halogens is 4. The van der Waals surface area contributed by atoms with Crippen LogP contribution in [0.1, 0.15) is 12.5 Å². The fourth-order valence-electron chi connectivity index (χ4n) is 1.54. The van der Waals surface area contributed by atoms with E-state index in [4.69, 9.17) is 5.73 Å². The predicted octanol–water partition coefficient (Wildman–Crippen LogP) is 1.76. The van der Waals surface area contributed by atoms with Gasteiger partial charge in [-0.3, -0.25) is 10.1 Å². The van der Waals surface area contributed by atoms with E-state index in [1.54, 1.807) is 0 Å². The Bertz CT molecular complexity index is 444. The highest BCUT2D eigenvalue weighted by Gasteiger charge is 2.36. The van der Waals surface area contributed by atoms with Crippen molar-refractivity contribution in [3.8, 4) is 0 Å². The van der Waals surface area contributed by atoms with E-state index in [0.29, 0.717) is 5.56 Å². The van der Waals surface area contributed by atoms with Gasteiger partial charge in [0.2, 0.25) is 5.91 Å². The number of alkyl halides is 3. The molecule has 1 aromatic rings. The van der Waals surface area contributed by atoms with Gasteiger partial charge < -0.3 is 5.73 Å². The largest absolute Gasteiger partial charge is 0.401 e. The predicted molar refractivity (Wildman–Crippen MR) is 61.8 cm³/mol. The number of primary amides is 1. The average Bonchev–Trinajstić information content (AvgIpc) is 2.29. The number of hydrogen-bond donors (Lipinski definition) is 2. The summed E-state index contributed by atoms with van der Waals surface area (Å²) in [4.78, 5) is 11.3. The van der Waals surface area contributed by atoms with Crippen molar-refractivity contribution >= 4 is 5.91 Å². The fraction of sp³-hybridized carbons (Fsp3) is 0.417. The lowest BCUT2D eigenvalue weighted by Gasteiger charge is -2.28. The zero-order chi connectivity index (χ0) is 14.7. The molecule has 106 valence electrons. The first kappa shape index (κ1) is 15.4. The molecule has 0 saturated heterocycles. The van der Waals surface area contributed by atoms with Crippen LogP contribution in [-0.2, 0) is 11.2 Å². The van der Waals surface area contributed by atoms with E-state index in [1.165, 1.54) is 31.2 Å². The Balaban J connectivity index is 2.82. The first-order valence-corrected chi connectivity index (χ1v) is 5.48. The van der Waals surface area contributed by atoms with Gasteiger partial charge in [0.15, 0.2) is 0 Å². The summed E-state index contributed by atoms with van der Waals surface area (Å²) in [5, 5.41) is 2.11. The molecular formula is C12H14F4N2O. The second kappa shape index (κ2) is 5.56. The molecule has 0 saturated carbocycles. The molecule has 1 unspecified atom stereocenters. The van der Waals surface area contributed by atoms with Gasteiger partial charge in [0, 0.05) is 0 Å². The molecule has 3 nitrogen and oxygen atoms in total. The highest BCUT2D eigenvalue weighted by Crippen LogP contribution is 2.18. The SMILES string of the molecule is CC(Cc1ccc(F)cc1)(NCC(F)(F)F)C(N)=O. The molecule has 7 heteroatoms. The van der Waals surface area contributed by atoms with Crippen LogP contribution in [0.25, 0.3) is 0 Å². The van der Waals surface area contributed by atoms with Crippen molar-refractivity contribution in [1.82, 2.24) is 5.32 Å². The van der Waals surface area contributed by atoms with Crippen LogP contribution < -0.4 is 11.1 Å². The average molecular weight is 278 g/mol. The normalized spacial score (nSPS) is 15.0. The van der Waals surface area contributed by atoms with Crippen LogP contribution in [0, 0.1) is 5.82 Å². The van der Waals surface area contributed by atoms with Crippen molar-refractivity contribution in [2.75, 3.05) is 6.54 Å². The first-order chi connectivity index (χ1) is 8.62. The van der Waals surface area contributed by atoms with Crippen LogP contribution >= 0.6 is 0 Å². The van der Waals surface area contributed by atoms with Crippen LogP contribution in [0.15, 0.2) is 24.3 Å². The minimum Gasteiger partial charge on any atom is -0.368 e. The van der Waals surface area contributed by atoms with Gasteiger partial charge in [0.25, 0.3) is 0 Å². The Hall–Kier alpha value is -1.63. The molecule has 19 heavy (non-hydrogen) atoms. The van der Waals surface area contributed by atoms with Crippen molar-refractivity contribution in [2.24, 2.45) is 5.73 Å². The lowest BCUT2D eigenvalue weighted by molar-refractivity contribution is -0.135. The summed E-state index contributed by atoms with van der Waals surface area (Å²) in [7, 11) is 0. The number of benzene rings is 1. The second-order valence-electron chi connectivity index (χ2n) is 4.47. The van der Waals surface area contributed by atoms with E-state index in [1.807, 2.05) is 0 Å². The molecule has 0 radical (unpaired) electrons. The van der Waals surface area contributed by atoms with Crippen molar-refractivity contribution in [3.63, 3.8) is 0 Å². The summed E-state index contributed by atoms with van der Waals surface area (Å²) < 4.78 is 49.3. The number of nitrogens with two attached hydrogens (primary N) is 1. The minimum absolute atomic E-state index is 0.0569. The van der Waals surface area contributed by atoms with Crippen molar-refractivity contribution in [1.29, 1.82) is 0 Å². The molecule has 0 aliphatic heterocycles. The van der Waals surface area contributed by atoms with Crippen LogP contribution in [0.4, 0.5) is 17.6 Å². The summed E-state index contributed by atoms with van der Waals surface area (Å²) in [6.45, 7) is -0.0436. The number of amides is 1. The number of hydrogen-bond acceptors (Lipinski definition) is 2. The summed E-state index contributed by atoms with van der Waals surface area (Å²) in [6, 6.07) is 5.12. The van der Waals surface area contributed by atoms with E-state index in [2.05, 4.69) is 5.32 Å². The molecule has 1 aromatic carbocycles. The summed E-state index contributed by atoms with van der Waals surface area (Å²) in [5.41, 5.74) is 4.10. The number of carbonyl (C=O) groups excluding carboxylic acids is 1. The second-order valence-corrected chi connectivity index (χ2v) is 4.47. The van der Waals surface area contributed by atoms with Gasteiger partial charge in [-0.25, -0.2) is 4.39 Å². The van der Waals surface area contributed by atoms with E-state index >= 15 is 0 Å². The Morgan fingerprint density at radius 2 is 1.79 bits per heavy atom. The standard InChI is InChI=1S/C12H14F4N2O/c1-11(10(17)19,18-7-12(14,15)16)6-8-2-4-9(13)5-3-8/h2-5,18H,6-7H2,1H3,(H2,17,19). The molecule has 0 aliphatic rings. The molecule has 0 spiro atoms. The van der Waals surface area contributed by atoms with Crippen LogP contribution in [0.3, 0.4) is 0 Å². The summed E-state index contributed by atoms with van der Waals surface area (Å²) >= 11 is 0. The smallest absolute Gasteiger partial charge is 0.368 e. The Labute approximate surface area is 107 Å². The van der Waals surface area contributed by atoms with Gasteiger partial charge in [0.05, 0.1) is 12.1 Å². The lowest BCUT2D eigenvalue weighted by Crippen LogP contribution is -2.56. The Kier molecular flexibility index (Phi) is 4.52. The van der Waals surface area contributed by atoms with Crippen molar-refractivity contribution in [2.45, 2.75) is 25.1 Å². The van der Waals surface area contributed by atoms with E-state index in [-0.39, 0.29) is 6.42 Å². The topological polar surface area (TPSA) is 55.1 Å². The molecule has 1 atom stereocenters. The maximum absolute atomic E-state index is 12.7. The van der Waals surface area contributed by atoms with Gasteiger partial charge in [-0.15, -0.1) is 0 Å². The van der Waals surface area contributed by atoms with E-state index < -0.39 is 30.0 Å². The molecule has 3 N–H and O–H groups in total. The zero-order valence-electron chi connectivity index (χ0n) is 10.2.